The zero-order valence-electron chi connectivity index (χ0n) is 13.4. The maximum atomic E-state index is 12.5. The average molecular weight is 323 g/mol. The second-order valence-corrected chi connectivity index (χ2v) is 9.68. The van der Waals surface area contributed by atoms with Gasteiger partial charge in [0.05, 0.1) is 19.7 Å². The van der Waals surface area contributed by atoms with Crippen molar-refractivity contribution in [1.29, 1.82) is 0 Å². The van der Waals surface area contributed by atoms with Crippen LogP contribution in [0.2, 0.25) is 0 Å². The summed E-state index contributed by atoms with van der Waals surface area (Å²) in [7, 11) is -3.28. The Morgan fingerprint density at radius 1 is 0.857 bits per heavy atom. The molecule has 8 heteroatoms. The molecule has 0 radical (unpaired) electrons. The summed E-state index contributed by atoms with van der Waals surface area (Å²) in [6.45, 7) is 9.22. The van der Waals surface area contributed by atoms with Gasteiger partial charge < -0.3 is 15.1 Å². The molecule has 1 unspecified atom stereocenters. The Morgan fingerprint density at radius 3 is 1.48 bits per heavy atom. The minimum absolute atomic E-state index is 0.0385. The highest BCUT2D eigenvalue weighted by atomic mass is 31.2. The van der Waals surface area contributed by atoms with Gasteiger partial charge in [-0.15, -0.1) is 0 Å². The Bertz CT molecular complexity index is 346. The first kappa shape index (κ1) is 19.0. The van der Waals surface area contributed by atoms with Crippen molar-refractivity contribution in [1.82, 2.24) is 14.7 Å². The van der Waals surface area contributed by atoms with Gasteiger partial charge in [-0.1, -0.05) is 20.8 Å². The lowest BCUT2D eigenvalue weighted by Gasteiger charge is -2.32. The van der Waals surface area contributed by atoms with Crippen molar-refractivity contribution < 1.29 is 19.7 Å². The number of aliphatic hydroxyl groups is 2. The lowest BCUT2D eigenvalue weighted by Crippen LogP contribution is -2.38. The van der Waals surface area contributed by atoms with Gasteiger partial charge in [0.25, 0.3) is 0 Å². The van der Waals surface area contributed by atoms with Crippen LogP contribution in [0, 0.1) is 0 Å². The molecular weight excluding hydrogens is 293 g/mol. The van der Waals surface area contributed by atoms with Crippen molar-refractivity contribution in [3.63, 3.8) is 0 Å². The summed E-state index contributed by atoms with van der Waals surface area (Å²) >= 11 is 0. The normalized spacial score (nSPS) is 24.1. The number of hydrogen-bond donors (Lipinski definition) is 3. The van der Waals surface area contributed by atoms with Gasteiger partial charge in [-0.2, -0.15) is 0 Å². The van der Waals surface area contributed by atoms with Gasteiger partial charge in [0.15, 0.2) is 0 Å². The first-order valence-corrected chi connectivity index (χ1v) is 9.25. The third-order valence-electron chi connectivity index (χ3n) is 4.04. The van der Waals surface area contributed by atoms with Crippen molar-refractivity contribution in [2.75, 3.05) is 59.0 Å². The van der Waals surface area contributed by atoms with E-state index in [4.69, 9.17) is 0 Å². The average Bonchev–Trinajstić information content (AvgIpc) is 2.48. The molecule has 1 heterocycles. The van der Waals surface area contributed by atoms with E-state index in [1.807, 2.05) is 14.7 Å². The molecule has 21 heavy (non-hydrogen) atoms. The van der Waals surface area contributed by atoms with E-state index in [1.165, 1.54) is 0 Å². The lowest BCUT2D eigenvalue weighted by atomic mass is 10.3. The molecule has 1 aliphatic rings. The highest BCUT2D eigenvalue weighted by Gasteiger charge is 2.36. The fourth-order valence-corrected chi connectivity index (χ4v) is 3.34. The van der Waals surface area contributed by atoms with E-state index in [0.717, 1.165) is 0 Å². The van der Waals surface area contributed by atoms with Crippen molar-refractivity contribution in [2.24, 2.45) is 0 Å². The van der Waals surface area contributed by atoms with Crippen molar-refractivity contribution >= 4 is 7.37 Å². The third-order valence-corrected chi connectivity index (χ3v) is 6.92. The summed E-state index contributed by atoms with van der Waals surface area (Å²) in [4.78, 5) is 16.0. The molecule has 0 aromatic rings. The molecule has 0 saturated carbocycles. The van der Waals surface area contributed by atoms with Crippen LogP contribution in [-0.4, -0.2) is 94.0 Å². The van der Waals surface area contributed by atoms with Crippen LogP contribution in [0.3, 0.4) is 0 Å². The zero-order chi connectivity index (χ0) is 16.1. The van der Waals surface area contributed by atoms with Gasteiger partial charge in [0.1, 0.15) is 0 Å². The van der Waals surface area contributed by atoms with Crippen LogP contribution in [0.4, 0.5) is 0 Å². The van der Waals surface area contributed by atoms with E-state index >= 15 is 0 Å². The Morgan fingerprint density at radius 2 is 1.19 bits per heavy atom. The molecule has 0 aromatic heterocycles. The molecule has 1 aliphatic heterocycles. The van der Waals surface area contributed by atoms with Crippen LogP contribution in [0.15, 0.2) is 0 Å². The predicted molar refractivity (Wildman–Crippen MR) is 83.3 cm³/mol. The van der Waals surface area contributed by atoms with E-state index in [2.05, 4.69) is 0 Å². The van der Waals surface area contributed by atoms with Gasteiger partial charge >= 0.3 is 0 Å². The van der Waals surface area contributed by atoms with Crippen molar-refractivity contribution in [3.05, 3.63) is 0 Å². The summed E-state index contributed by atoms with van der Waals surface area (Å²) in [6, 6.07) is 0. The molecule has 0 bridgehead atoms. The number of nitrogens with zero attached hydrogens (tertiary/aromatic N) is 3. The highest BCUT2D eigenvalue weighted by molar-refractivity contribution is 7.59. The van der Waals surface area contributed by atoms with Crippen LogP contribution >= 0.6 is 7.37 Å². The molecule has 0 aromatic carbocycles. The Hall–Kier alpha value is -0.0100. The molecule has 1 atom stereocenters. The Kier molecular flexibility index (Phi) is 7.27. The minimum atomic E-state index is -3.28. The van der Waals surface area contributed by atoms with E-state index in [-0.39, 0.29) is 19.7 Å². The molecule has 3 N–H and O–H groups in total. The Balaban J connectivity index is 2.73. The van der Waals surface area contributed by atoms with Crippen LogP contribution in [0.1, 0.15) is 20.8 Å². The van der Waals surface area contributed by atoms with Gasteiger partial charge in [-0.05, 0) is 0 Å². The molecule has 1 saturated heterocycles. The molecule has 0 amide bonds. The monoisotopic (exact) mass is 323 g/mol. The standard InChI is InChI=1S/C13H30N3O4P/c1-13(2,3)21(19,20)12-16-8-6-14(10-17)4-5-15(11-18)7-9-16/h17-18H,4-12H2,1-3H3,(H,19,20). The van der Waals surface area contributed by atoms with E-state index in [9.17, 15) is 19.7 Å². The summed E-state index contributed by atoms with van der Waals surface area (Å²) in [5, 5.41) is 18.0. The first-order valence-electron chi connectivity index (χ1n) is 7.40. The first-order chi connectivity index (χ1) is 9.69. The largest absolute Gasteiger partial charge is 0.381 e. The predicted octanol–water partition coefficient (Wildman–Crippen LogP) is -0.168. The van der Waals surface area contributed by atoms with E-state index in [0.29, 0.717) is 39.3 Å². The molecular formula is C13H30N3O4P. The second kappa shape index (κ2) is 8.02. The van der Waals surface area contributed by atoms with Crippen LogP contribution in [-0.2, 0) is 4.57 Å². The fourth-order valence-electron chi connectivity index (χ4n) is 2.09. The van der Waals surface area contributed by atoms with Crippen LogP contribution in [0.25, 0.3) is 0 Å². The summed E-state index contributed by atoms with van der Waals surface area (Å²) < 4.78 is 12.5. The quantitative estimate of drug-likeness (QED) is 0.619. The summed E-state index contributed by atoms with van der Waals surface area (Å²) in [5.74, 6) is 0. The maximum absolute atomic E-state index is 12.5. The lowest BCUT2D eigenvalue weighted by molar-refractivity contribution is 0.0723. The highest BCUT2D eigenvalue weighted by Crippen LogP contribution is 2.54. The fraction of sp³-hybridized carbons (Fsp3) is 1.00. The molecule has 1 rings (SSSR count). The number of aliphatic hydroxyl groups excluding tert-OH is 2. The van der Waals surface area contributed by atoms with Crippen molar-refractivity contribution in [3.8, 4) is 0 Å². The molecule has 0 spiro atoms. The topological polar surface area (TPSA) is 87.5 Å². The Labute approximate surface area is 127 Å². The molecule has 7 nitrogen and oxygen atoms in total. The van der Waals surface area contributed by atoms with Gasteiger partial charge in [-0.25, -0.2) is 0 Å². The minimum Gasteiger partial charge on any atom is -0.381 e. The third kappa shape index (κ3) is 5.94. The van der Waals surface area contributed by atoms with E-state index in [1.54, 1.807) is 20.8 Å². The molecule has 0 aliphatic carbocycles. The molecule has 126 valence electrons. The summed E-state index contributed by atoms with van der Waals surface area (Å²) in [6.07, 6.45) is 0.148. The van der Waals surface area contributed by atoms with Crippen LogP contribution < -0.4 is 0 Å². The van der Waals surface area contributed by atoms with E-state index < -0.39 is 12.5 Å². The molecule has 1 fully saturated rings. The number of hydrogen-bond acceptors (Lipinski definition) is 6. The zero-order valence-corrected chi connectivity index (χ0v) is 14.3. The van der Waals surface area contributed by atoms with Gasteiger partial charge in [0, 0.05) is 44.4 Å². The van der Waals surface area contributed by atoms with Crippen LogP contribution in [0.5, 0.6) is 0 Å². The van der Waals surface area contributed by atoms with Crippen molar-refractivity contribution in [2.45, 2.75) is 25.9 Å². The smallest absolute Gasteiger partial charge is 0.219 e. The maximum Gasteiger partial charge on any atom is 0.219 e. The number of rotatable bonds is 4. The summed E-state index contributed by atoms with van der Waals surface area (Å²) in [5.41, 5.74) is 0. The van der Waals surface area contributed by atoms with Gasteiger partial charge in [0.2, 0.25) is 7.37 Å². The van der Waals surface area contributed by atoms with Gasteiger partial charge in [-0.3, -0.25) is 19.3 Å². The second-order valence-electron chi connectivity index (χ2n) is 6.65. The SMILES string of the molecule is CC(C)(C)P(=O)(O)CN1CCN(CO)CCN(CO)CC1.